The number of aliphatic carboxylic acids is 1. The molecule has 4 unspecified atom stereocenters. The van der Waals surface area contributed by atoms with Gasteiger partial charge in [-0.2, -0.15) is 11.8 Å². The number of amides is 4. The second-order valence-electron chi connectivity index (χ2n) is 8.55. The lowest BCUT2D eigenvalue weighted by molar-refractivity contribution is -0.142. The first kappa shape index (κ1) is 30.3. The number of thioether (sulfide) groups is 1. The molecule has 38 heavy (non-hydrogen) atoms. The van der Waals surface area contributed by atoms with Crippen molar-refractivity contribution in [1.82, 2.24) is 25.9 Å². The van der Waals surface area contributed by atoms with Crippen molar-refractivity contribution in [3.8, 4) is 0 Å². The third-order valence-corrected chi connectivity index (χ3v) is 6.16. The van der Waals surface area contributed by atoms with Gasteiger partial charge in [-0.1, -0.05) is 30.3 Å². The number of carbonyl (C=O) groups excluding carboxylic acids is 4. The van der Waals surface area contributed by atoms with E-state index in [1.165, 1.54) is 24.3 Å². The number of H-pyrrole nitrogens is 1. The van der Waals surface area contributed by atoms with Crippen LogP contribution in [0.2, 0.25) is 0 Å². The minimum atomic E-state index is -1.48. The van der Waals surface area contributed by atoms with E-state index in [4.69, 9.17) is 11.5 Å². The summed E-state index contributed by atoms with van der Waals surface area (Å²) in [6.07, 6.45) is 4.50. The van der Waals surface area contributed by atoms with Crippen molar-refractivity contribution < 1.29 is 29.1 Å². The highest BCUT2D eigenvalue weighted by Crippen LogP contribution is 2.06. The number of carboxylic acids is 1. The molecule has 0 fully saturated rings. The van der Waals surface area contributed by atoms with Crippen LogP contribution in [0.3, 0.4) is 0 Å². The predicted octanol–water partition coefficient (Wildman–Crippen LogP) is -1.31. The highest BCUT2D eigenvalue weighted by Gasteiger charge is 2.31. The van der Waals surface area contributed by atoms with Crippen molar-refractivity contribution in [3.05, 3.63) is 54.1 Å². The number of imidazole rings is 1. The summed E-state index contributed by atoms with van der Waals surface area (Å²) in [5.41, 5.74) is 12.4. The summed E-state index contributed by atoms with van der Waals surface area (Å²) in [5.74, 6) is -3.82. The van der Waals surface area contributed by atoms with Crippen LogP contribution in [0, 0.1) is 0 Å². The minimum absolute atomic E-state index is 0.0104. The van der Waals surface area contributed by atoms with Crippen LogP contribution in [-0.2, 0) is 36.8 Å². The highest BCUT2D eigenvalue weighted by atomic mass is 32.2. The molecule has 0 saturated carbocycles. The Kier molecular flexibility index (Phi) is 12.3. The van der Waals surface area contributed by atoms with Gasteiger partial charge in [0.1, 0.15) is 18.1 Å². The number of primary amides is 1. The van der Waals surface area contributed by atoms with Gasteiger partial charge in [-0.05, 0) is 24.0 Å². The molecule has 4 amide bonds. The zero-order chi connectivity index (χ0) is 28.1. The van der Waals surface area contributed by atoms with E-state index in [0.717, 1.165) is 0 Å². The van der Waals surface area contributed by atoms with Crippen molar-refractivity contribution in [2.75, 3.05) is 12.0 Å². The van der Waals surface area contributed by atoms with Crippen molar-refractivity contribution in [2.24, 2.45) is 11.5 Å². The molecule has 1 aromatic heterocycles. The predicted molar refractivity (Wildman–Crippen MR) is 141 cm³/mol. The van der Waals surface area contributed by atoms with Crippen LogP contribution in [0.5, 0.6) is 0 Å². The Morgan fingerprint density at radius 2 is 1.61 bits per heavy atom. The Morgan fingerprint density at radius 1 is 0.974 bits per heavy atom. The number of nitrogens with one attached hydrogen (secondary N) is 4. The standard InChI is InChI=1S/C24H33N7O6S/c1-38-8-7-16(25)21(33)29-17(10-15-12-27-13-28-15)22(34)30-18(11-20(26)32)23(35)31-19(24(36)37)9-14-5-3-2-4-6-14/h2-6,12-13,16-19H,7-11,25H2,1H3,(H2,26,32)(H,27,28)(H,29,33)(H,30,34)(H,31,35)(H,36,37). The third kappa shape index (κ3) is 10.2. The van der Waals surface area contributed by atoms with E-state index < -0.39 is 60.2 Å². The topological polar surface area (TPSA) is 222 Å². The first-order valence-electron chi connectivity index (χ1n) is 11.8. The number of nitrogens with two attached hydrogens (primary N) is 2. The molecule has 0 radical (unpaired) electrons. The monoisotopic (exact) mass is 547 g/mol. The van der Waals surface area contributed by atoms with Crippen molar-refractivity contribution in [3.63, 3.8) is 0 Å². The molecule has 2 aromatic rings. The lowest BCUT2D eigenvalue weighted by Crippen LogP contribution is -2.58. The quantitative estimate of drug-likeness (QED) is 0.132. The molecule has 206 valence electrons. The zero-order valence-corrected chi connectivity index (χ0v) is 21.7. The van der Waals surface area contributed by atoms with E-state index in [-0.39, 0.29) is 12.8 Å². The summed E-state index contributed by atoms with van der Waals surface area (Å²) in [4.78, 5) is 69.0. The van der Waals surface area contributed by atoms with Crippen LogP contribution < -0.4 is 27.4 Å². The van der Waals surface area contributed by atoms with Gasteiger partial charge < -0.3 is 37.5 Å². The highest BCUT2D eigenvalue weighted by molar-refractivity contribution is 7.98. The molecular formula is C24H33N7O6S. The molecule has 4 atom stereocenters. The summed E-state index contributed by atoms with van der Waals surface area (Å²) >= 11 is 1.52. The number of carboxylic acid groups (broad SMARTS) is 1. The van der Waals surface area contributed by atoms with E-state index in [1.54, 1.807) is 30.3 Å². The van der Waals surface area contributed by atoms with Crippen LogP contribution in [0.1, 0.15) is 24.1 Å². The van der Waals surface area contributed by atoms with Gasteiger partial charge in [-0.3, -0.25) is 19.2 Å². The van der Waals surface area contributed by atoms with Crippen LogP contribution >= 0.6 is 11.8 Å². The number of aromatic amines is 1. The van der Waals surface area contributed by atoms with Gasteiger partial charge in [-0.15, -0.1) is 0 Å². The summed E-state index contributed by atoms with van der Waals surface area (Å²) in [6, 6.07) is 3.79. The number of carbonyl (C=O) groups is 5. The zero-order valence-electron chi connectivity index (χ0n) is 20.9. The smallest absolute Gasteiger partial charge is 0.326 e. The molecule has 14 heteroatoms. The fraction of sp³-hybridized carbons (Fsp3) is 0.417. The molecule has 1 aromatic carbocycles. The van der Waals surface area contributed by atoms with E-state index >= 15 is 0 Å². The fourth-order valence-electron chi connectivity index (χ4n) is 3.49. The molecule has 0 aliphatic rings. The average molecular weight is 548 g/mol. The van der Waals surface area contributed by atoms with Gasteiger partial charge >= 0.3 is 5.97 Å². The first-order valence-corrected chi connectivity index (χ1v) is 13.2. The molecule has 2 rings (SSSR count). The largest absolute Gasteiger partial charge is 0.480 e. The molecule has 0 aliphatic carbocycles. The van der Waals surface area contributed by atoms with E-state index in [2.05, 4.69) is 25.9 Å². The Labute approximate surface area is 223 Å². The second kappa shape index (κ2) is 15.4. The molecule has 1 heterocycles. The molecule has 9 N–H and O–H groups in total. The maximum atomic E-state index is 13.2. The molecular weight excluding hydrogens is 514 g/mol. The lowest BCUT2D eigenvalue weighted by atomic mass is 10.0. The normalized spacial score (nSPS) is 13.9. The SMILES string of the molecule is CSCCC(N)C(=O)NC(Cc1cnc[nH]1)C(=O)NC(CC(N)=O)C(=O)NC(Cc1ccccc1)C(=O)O. The van der Waals surface area contributed by atoms with Crippen LogP contribution in [0.4, 0.5) is 0 Å². The number of nitrogens with zero attached hydrogens (tertiary/aromatic N) is 1. The number of benzene rings is 1. The Balaban J connectivity index is 2.17. The second-order valence-corrected chi connectivity index (χ2v) is 9.54. The molecule has 0 spiro atoms. The average Bonchev–Trinajstić information content (AvgIpc) is 3.39. The van der Waals surface area contributed by atoms with Crippen molar-refractivity contribution in [1.29, 1.82) is 0 Å². The molecule has 0 saturated heterocycles. The lowest BCUT2D eigenvalue weighted by Gasteiger charge is -2.24. The van der Waals surface area contributed by atoms with Gasteiger partial charge in [0.05, 0.1) is 18.8 Å². The fourth-order valence-corrected chi connectivity index (χ4v) is 3.97. The number of rotatable bonds is 16. The van der Waals surface area contributed by atoms with Gasteiger partial charge in [-0.25, -0.2) is 9.78 Å². The van der Waals surface area contributed by atoms with E-state index in [9.17, 15) is 29.1 Å². The maximum Gasteiger partial charge on any atom is 0.326 e. The number of aromatic nitrogens is 2. The Morgan fingerprint density at radius 3 is 2.18 bits per heavy atom. The van der Waals surface area contributed by atoms with Gasteiger partial charge in [0.2, 0.25) is 23.6 Å². The molecule has 0 bridgehead atoms. The molecule has 13 nitrogen and oxygen atoms in total. The maximum absolute atomic E-state index is 13.2. The van der Waals surface area contributed by atoms with Crippen LogP contribution in [-0.4, -0.2) is 80.8 Å². The minimum Gasteiger partial charge on any atom is -0.480 e. The van der Waals surface area contributed by atoms with E-state index in [1.807, 2.05) is 6.26 Å². The Hall–Kier alpha value is -3.91. The van der Waals surface area contributed by atoms with Crippen LogP contribution in [0.25, 0.3) is 0 Å². The summed E-state index contributed by atoms with van der Waals surface area (Å²) in [7, 11) is 0. The van der Waals surface area contributed by atoms with Gasteiger partial charge in [0, 0.05) is 24.7 Å². The first-order chi connectivity index (χ1) is 18.1. The summed E-state index contributed by atoms with van der Waals surface area (Å²) in [5, 5.41) is 17.0. The van der Waals surface area contributed by atoms with Gasteiger partial charge in [0.15, 0.2) is 0 Å². The summed E-state index contributed by atoms with van der Waals surface area (Å²) in [6.45, 7) is 0. The van der Waals surface area contributed by atoms with Crippen molar-refractivity contribution in [2.45, 2.75) is 49.9 Å². The summed E-state index contributed by atoms with van der Waals surface area (Å²) < 4.78 is 0. The Bertz CT molecular complexity index is 1080. The number of hydrogen-bond acceptors (Lipinski definition) is 8. The van der Waals surface area contributed by atoms with E-state index in [0.29, 0.717) is 23.4 Å². The number of hydrogen-bond donors (Lipinski definition) is 7. The van der Waals surface area contributed by atoms with Crippen molar-refractivity contribution >= 4 is 41.4 Å². The third-order valence-electron chi connectivity index (χ3n) is 5.52. The molecule has 0 aliphatic heterocycles. The van der Waals surface area contributed by atoms with Gasteiger partial charge in [0.25, 0.3) is 0 Å². The van der Waals surface area contributed by atoms with Crippen LogP contribution in [0.15, 0.2) is 42.9 Å².